The first-order valence-corrected chi connectivity index (χ1v) is 8.85. The zero-order valence-electron chi connectivity index (χ0n) is 15.0. The predicted molar refractivity (Wildman–Crippen MR) is 99.8 cm³/mol. The van der Waals surface area contributed by atoms with Crippen LogP contribution >= 0.6 is 0 Å². The fraction of sp³-hybridized carbons (Fsp3) is 0.286. The molecule has 0 atom stereocenters. The Morgan fingerprint density at radius 2 is 2.00 bits per heavy atom. The molecule has 0 spiro atoms. The molecule has 27 heavy (non-hydrogen) atoms. The molecule has 6 nitrogen and oxygen atoms in total. The zero-order valence-corrected chi connectivity index (χ0v) is 15.0. The molecule has 0 aliphatic heterocycles. The molecule has 6 heteroatoms. The number of nitriles is 1. The second-order valence-electron chi connectivity index (χ2n) is 6.61. The third kappa shape index (κ3) is 4.09. The molecular formula is C21H20N2O4. The molecule has 1 aromatic carbocycles. The first-order valence-electron chi connectivity index (χ1n) is 8.85. The third-order valence-corrected chi connectivity index (χ3v) is 4.80. The SMILES string of the molecule is Cc1c(C(=O)O)cccc1-c1ccc(/C=C(/C#N)C(=O)NC2CCCC2)o1. The summed E-state index contributed by atoms with van der Waals surface area (Å²) in [6.07, 6.45) is 5.47. The number of aromatic carboxylic acids is 1. The minimum atomic E-state index is -1.00. The van der Waals surface area contributed by atoms with Gasteiger partial charge in [0, 0.05) is 17.7 Å². The molecule has 0 saturated heterocycles. The van der Waals surface area contributed by atoms with Gasteiger partial charge >= 0.3 is 5.97 Å². The van der Waals surface area contributed by atoms with E-state index in [-0.39, 0.29) is 17.2 Å². The van der Waals surface area contributed by atoms with Crippen molar-refractivity contribution in [2.24, 2.45) is 0 Å². The van der Waals surface area contributed by atoms with Crippen molar-refractivity contribution in [1.29, 1.82) is 5.26 Å². The molecule has 1 aliphatic rings. The average molecular weight is 364 g/mol. The highest BCUT2D eigenvalue weighted by Gasteiger charge is 2.20. The summed E-state index contributed by atoms with van der Waals surface area (Å²) in [7, 11) is 0. The summed E-state index contributed by atoms with van der Waals surface area (Å²) in [6.45, 7) is 1.71. The van der Waals surface area contributed by atoms with E-state index < -0.39 is 11.9 Å². The molecule has 2 N–H and O–H groups in total. The van der Waals surface area contributed by atoms with Crippen molar-refractivity contribution in [1.82, 2.24) is 5.32 Å². The number of furan rings is 1. The number of amides is 1. The lowest BCUT2D eigenvalue weighted by molar-refractivity contribution is -0.117. The van der Waals surface area contributed by atoms with E-state index in [9.17, 15) is 20.0 Å². The van der Waals surface area contributed by atoms with E-state index in [0.29, 0.717) is 22.6 Å². The smallest absolute Gasteiger partial charge is 0.335 e. The second kappa shape index (κ2) is 7.92. The second-order valence-corrected chi connectivity index (χ2v) is 6.61. The van der Waals surface area contributed by atoms with Gasteiger partial charge in [-0.15, -0.1) is 0 Å². The lowest BCUT2D eigenvalue weighted by atomic mass is 10.0. The summed E-state index contributed by atoms with van der Waals surface area (Å²) in [5.74, 6) is -0.554. The van der Waals surface area contributed by atoms with E-state index in [1.54, 1.807) is 31.2 Å². The summed E-state index contributed by atoms with van der Waals surface area (Å²) in [6, 6.07) is 10.4. The number of nitrogens with one attached hydrogen (secondary N) is 1. The largest absolute Gasteiger partial charge is 0.478 e. The van der Waals surface area contributed by atoms with Gasteiger partial charge in [-0.05, 0) is 43.5 Å². The molecule has 1 aliphatic carbocycles. The topological polar surface area (TPSA) is 103 Å². The first kappa shape index (κ1) is 18.5. The van der Waals surface area contributed by atoms with Crippen LogP contribution in [0.1, 0.15) is 47.4 Å². The summed E-state index contributed by atoms with van der Waals surface area (Å²) >= 11 is 0. The van der Waals surface area contributed by atoms with Gasteiger partial charge in [0.25, 0.3) is 5.91 Å². The standard InChI is InChI=1S/C21H20N2O4/c1-13-17(7-4-8-18(13)21(25)26)19-10-9-16(27-19)11-14(12-22)20(24)23-15-5-2-3-6-15/h4,7-11,15H,2-3,5-6H2,1H3,(H,23,24)(H,25,26)/b14-11-. The Hall–Kier alpha value is -3.33. The van der Waals surface area contributed by atoms with Crippen LogP contribution in [0.4, 0.5) is 0 Å². The molecule has 138 valence electrons. The monoisotopic (exact) mass is 364 g/mol. The van der Waals surface area contributed by atoms with Crippen LogP contribution in [0.2, 0.25) is 0 Å². The summed E-state index contributed by atoms with van der Waals surface area (Å²) in [5, 5.41) is 21.4. The molecule has 1 heterocycles. The van der Waals surface area contributed by atoms with Crippen LogP contribution in [-0.4, -0.2) is 23.0 Å². The summed E-state index contributed by atoms with van der Waals surface area (Å²) in [4.78, 5) is 23.6. The minimum absolute atomic E-state index is 0.0150. The molecule has 1 amide bonds. The number of carboxylic acids is 1. The van der Waals surface area contributed by atoms with Crippen LogP contribution < -0.4 is 5.32 Å². The molecular weight excluding hydrogens is 344 g/mol. The maximum atomic E-state index is 12.3. The average Bonchev–Trinajstić information content (AvgIpc) is 3.31. The van der Waals surface area contributed by atoms with E-state index in [4.69, 9.17) is 4.42 Å². The van der Waals surface area contributed by atoms with Gasteiger partial charge in [0.05, 0.1) is 5.56 Å². The van der Waals surface area contributed by atoms with Crippen molar-refractivity contribution < 1.29 is 19.1 Å². The Kier molecular flexibility index (Phi) is 5.41. The van der Waals surface area contributed by atoms with Crippen LogP contribution in [0.25, 0.3) is 17.4 Å². The Labute approximate surface area is 157 Å². The van der Waals surface area contributed by atoms with Gasteiger partial charge in [0.15, 0.2) is 0 Å². The molecule has 1 fully saturated rings. The highest BCUT2D eigenvalue weighted by molar-refractivity contribution is 6.01. The Morgan fingerprint density at radius 3 is 2.67 bits per heavy atom. The van der Waals surface area contributed by atoms with E-state index in [0.717, 1.165) is 25.7 Å². The Bertz CT molecular complexity index is 943. The van der Waals surface area contributed by atoms with Crippen molar-refractivity contribution in [3.05, 3.63) is 52.8 Å². The maximum Gasteiger partial charge on any atom is 0.335 e. The molecule has 0 unspecified atom stereocenters. The normalized spacial score (nSPS) is 14.7. The fourth-order valence-corrected chi connectivity index (χ4v) is 3.33. The number of hydrogen-bond donors (Lipinski definition) is 2. The first-order chi connectivity index (χ1) is 13.0. The molecule has 0 radical (unpaired) electrons. The van der Waals surface area contributed by atoms with Crippen LogP contribution in [-0.2, 0) is 4.79 Å². The minimum Gasteiger partial charge on any atom is -0.478 e. The van der Waals surface area contributed by atoms with Crippen molar-refractivity contribution in [2.75, 3.05) is 0 Å². The summed E-state index contributed by atoms with van der Waals surface area (Å²) < 4.78 is 5.74. The van der Waals surface area contributed by atoms with Crippen LogP contribution in [0.5, 0.6) is 0 Å². The van der Waals surface area contributed by atoms with Crippen LogP contribution in [0.15, 0.2) is 40.3 Å². The molecule has 1 aromatic heterocycles. The van der Waals surface area contributed by atoms with Crippen molar-refractivity contribution >= 4 is 18.0 Å². The lowest BCUT2D eigenvalue weighted by Crippen LogP contribution is -2.33. The Morgan fingerprint density at radius 1 is 1.26 bits per heavy atom. The number of rotatable bonds is 5. The van der Waals surface area contributed by atoms with Crippen molar-refractivity contribution in [3.63, 3.8) is 0 Å². The van der Waals surface area contributed by atoms with Gasteiger partial charge in [-0.2, -0.15) is 5.26 Å². The molecule has 3 rings (SSSR count). The number of hydrogen-bond acceptors (Lipinski definition) is 4. The summed E-state index contributed by atoms with van der Waals surface area (Å²) in [5.41, 5.74) is 1.44. The zero-order chi connectivity index (χ0) is 19.4. The Balaban J connectivity index is 1.83. The van der Waals surface area contributed by atoms with E-state index in [2.05, 4.69) is 5.32 Å². The fourth-order valence-electron chi connectivity index (χ4n) is 3.33. The van der Waals surface area contributed by atoms with Gasteiger partial charge in [-0.25, -0.2) is 4.79 Å². The highest BCUT2D eigenvalue weighted by Crippen LogP contribution is 2.28. The van der Waals surface area contributed by atoms with Crippen molar-refractivity contribution in [2.45, 2.75) is 38.6 Å². The van der Waals surface area contributed by atoms with Gasteiger partial charge in [0.2, 0.25) is 0 Å². The van der Waals surface area contributed by atoms with E-state index in [1.165, 1.54) is 12.1 Å². The predicted octanol–water partition coefficient (Wildman–Crippen LogP) is 3.92. The number of nitrogens with zero attached hydrogens (tertiary/aromatic N) is 1. The van der Waals surface area contributed by atoms with E-state index >= 15 is 0 Å². The third-order valence-electron chi connectivity index (χ3n) is 4.80. The molecule has 1 saturated carbocycles. The molecule has 0 bridgehead atoms. The van der Waals surface area contributed by atoms with E-state index in [1.807, 2.05) is 6.07 Å². The van der Waals surface area contributed by atoms with Crippen molar-refractivity contribution in [3.8, 4) is 17.4 Å². The van der Waals surface area contributed by atoms with Gasteiger partial charge < -0.3 is 14.8 Å². The number of carboxylic acid groups (broad SMARTS) is 1. The van der Waals surface area contributed by atoms with Crippen LogP contribution in [0, 0.1) is 18.3 Å². The van der Waals surface area contributed by atoms with Gasteiger partial charge in [-0.1, -0.05) is 25.0 Å². The maximum absolute atomic E-state index is 12.3. The lowest BCUT2D eigenvalue weighted by Gasteiger charge is -2.10. The number of carbonyl (C=O) groups excluding carboxylic acids is 1. The van der Waals surface area contributed by atoms with Gasteiger partial charge in [0.1, 0.15) is 23.2 Å². The highest BCUT2D eigenvalue weighted by atomic mass is 16.4. The molecule has 2 aromatic rings. The van der Waals surface area contributed by atoms with Gasteiger partial charge in [-0.3, -0.25) is 4.79 Å². The van der Waals surface area contributed by atoms with Crippen LogP contribution in [0.3, 0.4) is 0 Å². The number of carbonyl (C=O) groups is 2. The number of benzene rings is 1. The quantitative estimate of drug-likeness (QED) is 0.618.